The van der Waals surface area contributed by atoms with Crippen molar-refractivity contribution < 1.29 is 4.79 Å². The van der Waals surface area contributed by atoms with E-state index in [2.05, 4.69) is 18.8 Å². The summed E-state index contributed by atoms with van der Waals surface area (Å²) in [4.78, 5) is 16.3. The van der Waals surface area contributed by atoms with Crippen LogP contribution in [0.15, 0.2) is 36.5 Å². The van der Waals surface area contributed by atoms with E-state index in [-0.39, 0.29) is 5.78 Å². The van der Waals surface area contributed by atoms with Gasteiger partial charge in [-0.15, -0.1) is 0 Å². The highest BCUT2D eigenvalue weighted by Gasteiger charge is 2.11. The first kappa shape index (κ1) is 11.8. The Hall–Kier alpha value is -1.70. The highest BCUT2D eigenvalue weighted by atomic mass is 16.1. The lowest BCUT2D eigenvalue weighted by atomic mass is 10.0. The zero-order chi connectivity index (χ0) is 12.3. The minimum Gasteiger partial charge on any atom is -0.292 e. The quantitative estimate of drug-likeness (QED) is 0.742. The molecule has 0 unspecified atom stereocenters. The van der Waals surface area contributed by atoms with Gasteiger partial charge in [-0.05, 0) is 23.8 Å². The average molecular weight is 227 g/mol. The molecule has 0 saturated heterocycles. The largest absolute Gasteiger partial charge is 0.292 e. The molecule has 0 radical (unpaired) electrons. The molecule has 88 valence electrons. The van der Waals surface area contributed by atoms with Gasteiger partial charge in [-0.2, -0.15) is 0 Å². The summed E-state index contributed by atoms with van der Waals surface area (Å²) in [6.07, 6.45) is 3.22. The minimum absolute atomic E-state index is 0.149. The molecule has 1 aromatic carbocycles. The van der Waals surface area contributed by atoms with Gasteiger partial charge in [0.1, 0.15) is 5.69 Å². The third-order valence-corrected chi connectivity index (χ3v) is 2.89. The van der Waals surface area contributed by atoms with Crippen molar-refractivity contribution >= 4 is 16.6 Å². The van der Waals surface area contributed by atoms with E-state index in [4.69, 9.17) is 0 Å². The van der Waals surface area contributed by atoms with Gasteiger partial charge in [0.2, 0.25) is 0 Å². The van der Waals surface area contributed by atoms with E-state index in [0.717, 1.165) is 17.2 Å². The van der Waals surface area contributed by atoms with E-state index in [9.17, 15) is 4.79 Å². The molecular formula is C15H17NO. The Kier molecular flexibility index (Phi) is 3.52. The van der Waals surface area contributed by atoms with Crippen LogP contribution < -0.4 is 0 Å². The van der Waals surface area contributed by atoms with Crippen molar-refractivity contribution in [3.05, 3.63) is 42.2 Å². The molecule has 0 aliphatic carbocycles. The molecule has 0 N–H and O–H groups in total. The van der Waals surface area contributed by atoms with Crippen LogP contribution in [0.3, 0.4) is 0 Å². The van der Waals surface area contributed by atoms with Gasteiger partial charge in [-0.3, -0.25) is 9.78 Å². The van der Waals surface area contributed by atoms with Crippen molar-refractivity contribution in [3.8, 4) is 0 Å². The van der Waals surface area contributed by atoms with Crippen LogP contribution in [0, 0.1) is 5.92 Å². The number of fused-ring (bicyclic) bond motifs is 1. The SMILES string of the molecule is CC(C)CCC(=O)c1nccc2ccccc12. The number of pyridine rings is 1. The number of benzene rings is 1. The molecule has 0 spiro atoms. The first-order valence-corrected chi connectivity index (χ1v) is 6.05. The maximum Gasteiger partial charge on any atom is 0.181 e. The van der Waals surface area contributed by atoms with Crippen LogP contribution in [0.2, 0.25) is 0 Å². The number of ketones is 1. The maximum absolute atomic E-state index is 12.1. The third-order valence-electron chi connectivity index (χ3n) is 2.89. The molecule has 17 heavy (non-hydrogen) atoms. The Morgan fingerprint density at radius 3 is 2.76 bits per heavy atom. The van der Waals surface area contributed by atoms with Crippen LogP contribution in [0.5, 0.6) is 0 Å². The normalized spacial score (nSPS) is 11.0. The Labute approximate surface area is 102 Å². The maximum atomic E-state index is 12.1. The number of Topliss-reactive ketones (excluding diaryl/α,β-unsaturated/α-hetero) is 1. The number of aromatic nitrogens is 1. The van der Waals surface area contributed by atoms with E-state index >= 15 is 0 Å². The van der Waals surface area contributed by atoms with Gasteiger partial charge >= 0.3 is 0 Å². The van der Waals surface area contributed by atoms with Gasteiger partial charge in [0.15, 0.2) is 5.78 Å². The molecule has 0 fully saturated rings. The van der Waals surface area contributed by atoms with Gasteiger partial charge in [-0.25, -0.2) is 0 Å². The van der Waals surface area contributed by atoms with Crippen LogP contribution >= 0.6 is 0 Å². The number of nitrogens with zero attached hydrogens (tertiary/aromatic N) is 1. The first-order chi connectivity index (χ1) is 8.18. The van der Waals surface area contributed by atoms with Gasteiger partial charge in [0.05, 0.1) is 0 Å². The summed E-state index contributed by atoms with van der Waals surface area (Å²) >= 11 is 0. The van der Waals surface area contributed by atoms with E-state index in [1.54, 1.807) is 6.20 Å². The van der Waals surface area contributed by atoms with Gasteiger partial charge in [-0.1, -0.05) is 38.1 Å². The Balaban J connectivity index is 2.32. The van der Waals surface area contributed by atoms with Crippen molar-refractivity contribution in [2.24, 2.45) is 5.92 Å². The van der Waals surface area contributed by atoms with Crippen molar-refractivity contribution in [1.29, 1.82) is 0 Å². The summed E-state index contributed by atoms with van der Waals surface area (Å²) in [5, 5.41) is 2.04. The molecular weight excluding hydrogens is 210 g/mol. The van der Waals surface area contributed by atoms with Crippen LogP contribution in [0.4, 0.5) is 0 Å². The second kappa shape index (κ2) is 5.09. The first-order valence-electron chi connectivity index (χ1n) is 6.05. The zero-order valence-electron chi connectivity index (χ0n) is 10.3. The van der Waals surface area contributed by atoms with Crippen molar-refractivity contribution in [3.63, 3.8) is 0 Å². The molecule has 0 aliphatic heterocycles. The monoisotopic (exact) mass is 227 g/mol. The Morgan fingerprint density at radius 1 is 1.24 bits per heavy atom. The van der Waals surface area contributed by atoms with E-state index in [1.165, 1.54) is 0 Å². The number of hydrogen-bond acceptors (Lipinski definition) is 2. The lowest BCUT2D eigenvalue weighted by Crippen LogP contribution is -2.04. The van der Waals surface area contributed by atoms with Crippen molar-refractivity contribution in [2.45, 2.75) is 26.7 Å². The second-order valence-corrected chi connectivity index (χ2v) is 4.74. The summed E-state index contributed by atoms with van der Waals surface area (Å²) in [5.74, 6) is 0.699. The summed E-state index contributed by atoms with van der Waals surface area (Å²) < 4.78 is 0. The molecule has 1 heterocycles. The fourth-order valence-electron chi connectivity index (χ4n) is 1.88. The van der Waals surface area contributed by atoms with Crippen LogP contribution in [0.25, 0.3) is 10.8 Å². The Bertz CT molecular complexity index is 526. The summed E-state index contributed by atoms with van der Waals surface area (Å²) in [5.41, 5.74) is 0.615. The number of carbonyl (C=O) groups excluding carboxylic acids is 1. The zero-order valence-corrected chi connectivity index (χ0v) is 10.3. The summed E-state index contributed by atoms with van der Waals surface area (Å²) in [6, 6.07) is 9.84. The molecule has 0 bridgehead atoms. The third kappa shape index (κ3) is 2.70. The van der Waals surface area contributed by atoms with Gasteiger partial charge in [0.25, 0.3) is 0 Å². The van der Waals surface area contributed by atoms with Gasteiger partial charge in [0, 0.05) is 18.0 Å². The highest BCUT2D eigenvalue weighted by Crippen LogP contribution is 2.18. The lowest BCUT2D eigenvalue weighted by Gasteiger charge is -2.06. The summed E-state index contributed by atoms with van der Waals surface area (Å²) in [7, 11) is 0. The lowest BCUT2D eigenvalue weighted by molar-refractivity contribution is 0.0972. The molecule has 0 aliphatic rings. The molecule has 1 aromatic heterocycles. The number of rotatable bonds is 4. The van der Waals surface area contributed by atoms with Crippen LogP contribution in [0.1, 0.15) is 37.2 Å². The van der Waals surface area contributed by atoms with E-state index in [0.29, 0.717) is 18.0 Å². The molecule has 0 atom stereocenters. The molecule has 2 rings (SSSR count). The van der Waals surface area contributed by atoms with Crippen LogP contribution in [-0.2, 0) is 0 Å². The van der Waals surface area contributed by atoms with Crippen LogP contribution in [-0.4, -0.2) is 10.8 Å². The molecule has 0 amide bonds. The predicted molar refractivity (Wildman–Crippen MR) is 70.1 cm³/mol. The highest BCUT2D eigenvalue weighted by molar-refractivity contribution is 6.06. The minimum atomic E-state index is 0.149. The number of carbonyl (C=O) groups is 1. The fraction of sp³-hybridized carbons (Fsp3) is 0.333. The van der Waals surface area contributed by atoms with E-state index < -0.39 is 0 Å². The fourth-order valence-corrected chi connectivity index (χ4v) is 1.88. The smallest absolute Gasteiger partial charge is 0.181 e. The number of hydrogen-bond donors (Lipinski definition) is 0. The van der Waals surface area contributed by atoms with Gasteiger partial charge < -0.3 is 0 Å². The average Bonchev–Trinajstić information content (AvgIpc) is 2.35. The molecule has 2 aromatic rings. The van der Waals surface area contributed by atoms with Crippen molar-refractivity contribution in [2.75, 3.05) is 0 Å². The Morgan fingerprint density at radius 2 is 2.00 bits per heavy atom. The molecule has 0 saturated carbocycles. The van der Waals surface area contributed by atoms with Crippen molar-refractivity contribution in [1.82, 2.24) is 4.98 Å². The van der Waals surface area contributed by atoms with E-state index in [1.807, 2.05) is 30.3 Å². The predicted octanol–water partition coefficient (Wildman–Crippen LogP) is 3.85. The standard InChI is InChI=1S/C15H17NO/c1-11(2)7-8-14(17)15-13-6-4-3-5-12(13)9-10-16-15/h3-6,9-11H,7-8H2,1-2H3. The molecule has 2 nitrogen and oxygen atoms in total. The molecule has 2 heteroatoms. The summed E-state index contributed by atoms with van der Waals surface area (Å²) in [6.45, 7) is 4.26. The second-order valence-electron chi connectivity index (χ2n) is 4.74. The topological polar surface area (TPSA) is 30.0 Å².